The number of aldehydes is 1. The van der Waals surface area contributed by atoms with Crippen LogP contribution in [-0.4, -0.2) is 62.5 Å². The van der Waals surface area contributed by atoms with E-state index in [2.05, 4.69) is 36.7 Å². The molecule has 3 aromatic rings. The lowest BCUT2D eigenvalue weighted by Gasteiger charge is -2.20. The van der Waals surface area contributed by atoms with Crippen molar-refractivity contribution in [2.24, 2.45) is 5.41 Å². The molecule has 0 radical (unpaired) electrons. The predicted octanol–water partition coefficient (Wildman–Crippen LogP) is 5.76. The summed E-state index contributed by atoms with van der Waals surface area (Å²) in [5.41, 5.74) is 4.88. The zero-order valence-corrected chi connectivity index (χ0v) is 24.7. The van der Waals surface area contributed by atoms with Crippen LogP contribution in [0.5, 0.6) is 5.75 Å². The van der Waals surface area contributed by atoms with E-state index in [0.29, 0.717) is 13.2 Å². The van der Waals surface area contributed by atoms with Crippen LogP contribution in [-0.2, 0) is 27.4 Å². The summed E-state index contributed by atoms with van der Waals surface area (Å²) in [4.78, 5) is 24.1. The maximum Gasteiger partial charge on any atom is 0.188 e. The highest BCUT2D eigenvalue weighted by atomic mass is 28.3. The van der Waals surface area contributed by atoms with Gasteiger partial charge in [-0.25, -0.2) is 9.97 Å². The molecule has 8 nitrogen and oxygen atoms in total. The van der Waals surface area contributed by atoms with Crippen LogP contribution in [0.2, 0.25) is 25.7 Å². The average Bonchev–Trinajstić information content (AvgIpc) is 3.53. The second kappa shape index (κ2) is 12.0. The third kappa shape index (κ3) is 7.21. The average molecular weight is 539 g/mol. The van der Waals surface area contributed by atoms with Crippen molar-refractivity contribution in [2.45, 2.75) is 65.5 Å². The van der Waals surface area contributed by atoms with E-state index >= 15 is 0 Å². The highest BCUT2D eigenvalue weighted by Crippen LogP contribution is 2.33. The van der Waals surface area contributed by atoms with Crippen LogP contribution in [0, 0.1) is 5.41 Å². The number of anilines is 1. The summed E-state index contributed by atoms with van der Waals surface area (Å²) in [5, 5.41) is 0. The second-order valence-corrected chi connectivity index (χ2v) is 17.8. The van der Waals surface area contributed by atoms with E-state index in [1.165, 1.54) is 12.8 Å². The van der Waals surface area contributed by atoms with Crippen molar-refractivity contribution in [2.75, 3.05) is 38.5 Å². The van der Waals surface area contributed by atoms with Gasteiger partial charge in [0.1, 0.15) is 24.3 Å². The smallest absolute Gasteiger partial charge is 0.188 e. The summed E-state index contributed by atoms with van der Waals surface area (Å²) in [7, 11) is 0.441. The quantitative estimate of drug-likeness (QED) is 0.118. The monoisotopic (exact) mass is 538 g/mol. The molecule has 0 spiro atoms. The number of aromatic nitrogens is 3. The minimum absolute atomic E-state index is 0.180. The number of carbonyl (C=O) groups is 1. The molecule has 1 aromatic carbocycles. The fourth-order valence-corrected chi connectivity index (χ4v) is 5.42. The van der Waals surface area contributed by atoms with Crippen molar-refractivity contribution in [1.82, 2.24) is 14.5 Å². The van der Waals surface area contributed by atoms with Crippen molar-refractivity contribution in [3.8, 4) is 17.0 Å². The summed E-state index contributed by atoms with van der Waals surface area (Å²) in [5.74, 6) is 0.740. The van der Waals surface area contributed by atoms with E-state index < -0.39 is 13.5 Å². The number of hydrogen-bond acceptors (Lipinski definition) is 7. The molecular formula is C29H42N4O4Si. The number of benzene rings is 1. The molecule has 4 rings (SSSR count). The summed E-state index contributed by atoms with van der Waals surface area (Å²) < 4.78 is 19.0. The standard InChI is InChI=1S/C29H42N4O4Si/c1-29(2,19-34)16-23-18-33(20-36-11-12-38(4,5)6)28-27(23)31-26(17-30-28)22-13-24(32-9-7-8-10-32)15-25(14-22)37-21-35-3/h13-15,17-19H,7-12,16,20-21H2,1-6H3. The van der Waals surface area contributed by atoms with E-state index in [1.807, 2.05) is 36.9 Å². The first-order valence-corrected chi connectivity index (χ1v) is 17.2. The van der Waals surface area contributed by atoms with Gasteiger partial charge in [0.15, 0.2) is 12.4 Å². The molecule has 3 heterocycles. The molecule has 2 aromatic heterocycles. The van der Waals surface area contributed by atoms with E-state index in [-0.39, 0.29) is 6.79 Å². The fraction of sp³-hybridized carbons (Fsp3) is 0.552. The molecule has 0 atom stereocenters. The number of fused-ring (bicyclic) bond motifs is 1. The van der Waals surface area contributed by atoms with Gasteiger partial charge in [-0.2, -0.15) is 0 Å². The van der Waals surface area contributed by atoms with Gasteiger partial charge in [0.05, 0.1) is 11.9 Å². The van der Waals surface area contributed by atoms with E-state index in [0.717, 1.165) is 71.4 Å². The van der Waals surface area contributed by atoms with Crippen LogP contribution in [0.25, 0.3) is 22.4 Å². The first-order chi connectivity index (χ1) is 18.1. The van der Waals surface area contributed by atoms with Gasteiger partial charge in [-0.05, 0) is 43.0 Å². The molecule has 0 unspecified atom stereocenters. The normalized spacial score (nSPS) is 14.4. The van der Waals surface area contributed by atoms with Gasteiger partial charge in [0, 0.05) is 63.8 Å². The van der Waals surface area contributed by atoms with Crippen LogP contribution in [0.15, 0.2) is 30.6 Å². The van der Waals surface area contributed by atoms with Crippen molar-refractivity contribution < 1.29 is 19.0 Å². The maximum atomic E-state index is 11.8. The fourth-order valence-electron chi connectivity index (χ4n) is 4.66. The lowest BCUT2D eigenvalue weighted by Crippen LogP contribution is -2.22. The zero-order valence-electron chi connectivity index (χ0n) is 23.7. The van der Waals surface area contributed by atoms with Crippen LogP contribution in [0.4, 0.5) is 5.69 Å². The Hall–Kier alpha value is -2.75. The molecule has 206 valence electrons. The minimum Gasteiger partial charge on any atom is -0.467 e. The number of carbonyl (C=O) groups excluding carboxylic acids is 1. The van der Waals surface area contributed by atoms with Gasteiger partial charge < -0.3 is 28.5 Å². The van der Waals surface area contributed by atoms with Crippen LogP contribution >= 0.6 is 0 Å². The molecule has 0 saturated carbocycles. The molecule has 1 saturated heterocycles. The summed E-state index contributed by atoms with van der Waals surface area (Å²) in [6, 6.07) is 7.31. The molecule has 9 heteroatoms. The molecule has 1 aliphatic rings. The maximum absolute atomic E-state index is 11.8. The SMILES string of the molecule is COCOc1cc(-c2cnc3c(n2)c(CC(C)(C)C=O)cn3COCC[Si](C)(C)C)cc(N2CCCC2)c1. The van der Waals surface area contributed by atoms with Gasteiger partial charge in [-0.1, -0.05) is 33.5 Å². The molecule has 1 aliphatic heterocycles. The molecule has 1 fully saturated rings. The van der Waals surface area contributed by atoms with Gasteiger partial charge in [-0.3, -0.25) is 0 Å². The summed E-state index contributed by atoms with van der Waals surface area (Å²) in [6.07, 6.45) is 7.82. The summed E-state index contributed by atoms with van der Waals surface area (Å²) >= 11 is 0. The second-order valence-electron chi connectivity index (χ2n) is 12.1. The predicted molar refractivity (Wildman–Crippen MR) is 155 cm³/mol. The van der Waals surface area contributed by atoms with Gasteiger partial charge in [-0.15, -0.1) is 0 Å². The number of methoxy groups -OCH3 is 1. The third-order valence-electron chi connectivity index (χ3n) is 6.83. The summed E-state index contributed by atoms with van der Waals surface area (Å²) in [6.45, 7) is 14.3. The Balaban J connectivity index is 1.71. The van der Waals surface area contributed by atoms with E-state index in [1.54, 1.807) is 7.11 Å². The molecule has 0 bridgehead atoms. The third-order valence-corrected chi connectivity index (χ3v) is 8.54. The van der Waals surface area contributed by atoms with Crippen LogP contribution < -0.4 is 9.64 Å². The number of hydrogen-bond donors (Lipinski definition) is 0. The van der Waals surface area contributed by atoms with Crippen molar-refractivity contribution in [1.29, 1.82) is 0 Å². The Kier molecular flexibility index (Phi) is 8.90. The van der Waals surface area contributed by atoms with Crippen LogP contribution in [0.1, 0.15) is 32.3 Å². The highest BCUT2D eigenvalue weighted by molar-refractivity contribution is 6.76. The topological polar surface area (TPSA) is 78.7 Å². The Morgan fingerprint density at radius 1 is 1.13 bits per heavy atom. The highest BCUT2D eigenvalue weighted by Gasteiger charge is 2.23. The lowest BCUT2D eigenvalue weighted by molar-refractivity contribution is -0.114. The van der Waals surface area contributed by atoms with Crippen LogP contribution in [0.3, 0.4) is 0 Å². The molecule has 0 amide bonds. The van der Waals surface area contributed by atoms with E-state index in [9.17, 15) is 4.79 Å². The largest absolute Gasteiger partial charge is 0.467 e. The Labute approximate surface area is 227 Å². The number of rotatable bonds is 13. The van der Waals surface area contributed by atoms with Gasteiger partial charge in [0.2, 0.25) is 0 Å². The first kappa shape index (κ1) is 28.3. The molecular weight excluding hydrogens is 496 g/mol. The van der Waals surface area contributed by atoms with Crippen molar-refractivity contribution in [3.05, 3.63) is 36.2 Å². The van der Waals surface area contributed by atoms with E-state index in [4.69, 9.17) is 24.2 Å². The van der Waals surface area contributed by atoms with Crippen molar-refractivity contribution >= 4 is 31.2 Å². The molecule has 0 N–H and O–H groups in total. The molecule has 38 heavy (non-hydrogen) atoms. The lowest BCUT2D eigenvalue weighted by atomic mass is 9.88. The Morgan fingerprint density at radius 3 is 2.58 bits per heavy atom. The Bertz CT molecular complexity index is 1250. The number of ether oxygens (including phenoxy) is 3. The van der Waals surface area contributed by atoms with Gasteiger partial charge in [0.25, 0.3) is 0 Å². The molecule has 0 aliphatic carbocycles. The first-order valence-electron chi connectivity index (χ1n) is 13.5. The minimum atomic E-state index is -1.18. The number of nitrogens with zero attached hydrogens (tertiary/aromatic N) is 4. The Morgan fingerprint density at radius 2 is 1.89 bits per heavy atom. The van der Waals surface area contributed by atoms with Gasteiger partial charge >= 0.3 is 0 Å². The zero-order chi connectivity index (χ0) is 27.3. The van der Waals surface area contributed by atoms with Crippen molar-refractivity contribution in [3.63, 3.8) is 0 Å².